The molecule has 0 bridgehead atoms. The molecular formula is C26H35FN2O3. The number of para-hydroxylation sites is 1. The molecular weight excluding hydrogens is 407 g/mol. The summed E-state index contributed by atoms with van der Waals surface area (Å²) in [7, 11) is 4.93. The Kier molecular flexibility index (Phi) is 11.8. The molecule has 0 radical (unpaired) electrons. The molecule has 0 unspecified atom stereocenters. The van der Waals surface area contributed by atoms with E-state index in [9.17, 15) is 9.18 Å². The monoisotopic (exact) mass is 442 g/mol. The lowest BCUT2D eigenvalue weighted by Gasteiger charge is -2.22. The van der Waals surface area contributed by atoms with Gasteiger partial charge in [-0.1, -0.05) is 39.5 Å². The molecule has 0 aliphatic rings. The highest BCUT2D eigenvalue weighted by molar-refractivity contribution is 5.94. The van der Waals surface area contributed by atoms with E-state index in [1.807, 2.05) is 45.0 Å². The van der Waals surface area contributed by atoms with E-state index in [4.69, 9.17) is 9.47 Å². The van der Waals surface area contributed by atoms with Gasteiger partial charge in [0.15, 0.2) is 5.90 Å². The maximum absolute atomic E-state index is 13.1. The summed E-state index contributed by atoms with van der Waals surface area (Å²) >= 11 is 0. The van der Waals surface area contributed by atoms with Gasteiger partial charge in [0.05, 0.1) is 19.9 Å². The van der Waals surface area contributed by atoms with Crippen LogP contribution in [-0.4, -0.2) is 44.5 Å². The number of carbonyl (C=O) groups excluding carboxylic acids is 1. The number of rotatable bonds is 9. The van der Waals surface area contributed by atoms with Crippen LogP contribution in [0, 0.1) is 11.7 Å². The molecule has 0 saturated carbocycles. The van der Waals surface area contributed by atoms with Crippen molar-refractivity contribution in [3.63, 3.8) is 0 Å². The van der Waals surface area contributed by atoms with Gasteiger partial charge in [-0.3, -0.25) is 4.79 Å². The topological polar surface area (TPSA) is 51.1 Å². The van der Waals surface area contributed by atoms with Gasteiger partial charge < -0.3 is 14.4 Å². The highest BCUT2D eigenvalue weighted by Crippen LogP contribution is 2.26. The van der Waals surface area contributed by atoms with Gasteiger partial charge in [-0.05, 0) is 49.2 Å². The molecule has 2 rings (SSSR count). The Balaban J connectivity index is 0.00000249. The van der Waals surface area contributed by atoms with Crippen LogP contribution in [0.4, 0.5) is 4.39 Å². The minimum Gasteiger partial charge on any atom is -0.496 e. The number of benzene rings is 2. The molecule has 6 heteroatoms. The Morgan fingerprint density at radius 1 is 1.12 bits per heavy atom. The summed E-state index contributed by atoms with van der Waals surface area (Å²) in [5.74, 6) is 0.760. The predicted octanol–water partition coefficient (Wildman–Crippen LogP) is 6.06. The molecule has 0 N–H and O–H groups in total. The highest BCUT2D eigenvalue weighted by Gasteiger charge is 2.19. The van der Waals surface area contributed by atoms with E-state index in [0.717, 1.165) is 12.0 Å². The van der Waals surface area contributed by atoms with Crippen LogP contribution in [0.25, 0.3) is 5.70 Å². The maximum atomic E-state index is 13.1. The molecule has 0 spiro atoms. The molecule has 1 amide bonds. The Morgan fingerprint density at radius 2 is 1.75 bits per heavy atom. The summed E-state index contributed by atoms with van der Waals surface area (Å²) in [5.41, 5.74) is 1.81. The molecule has 2 aromatic carbocycles. The lowest BCUT2D eigenvalue weighted by atomic mass is 10.0. The first kappa shape index (κ1) is 26.9. The normalized spacial score (nSPS) is 11.7. The summed E-state index contributed by atoms with van der Waals surface area (Å²) in [6.07, 6.45) is 1.47. The molecule has 5 nitrogen and oxygen atoms in total. The SMILES string of the molecule is C=C(N=C(OC)[C@@H](CC)CCN(C)C(=O)c1ccc(F)cc1)c1ccccc1OC.CC. The third-order valence-corrected chi connectivity index (χ3v) is 4.97. The van der Waals surface area contributed by atoms with Gasteiger partial charge in [0.1, 0.15) is 11.6 Å². The molecule has 0 aliphatic heterocycles. The van der Waals surface area contributed by atoms with E-state index in [1.54, 1.807) is 26.2 Å². The van der Waals surface area contributed by atoms with Gasteiger partial charge in [0, 0.05) is 30.6 Å². The molecule has 174 valence electrons. The van der Waals surface area contributed by atoms with Gasteiger partial charge in [0.2, 0.25) is 0 Å². The standard InChI is InChI=1S/C24H29FN2O3.C2H6/c1-6-18(15-16-27(3)24(28)19-11-13-20(25)14-12-19)23(30-5)26-17(2)21-9-7-8-10-22(21)29-4;1-2/h7-14,18H,2,6,15-16H2,1,3-5H3;1-2H3/t18-;/m0./s1. The number of hydrogen-bond acceptors (Lipinski definition) is 4. The van der Waals surface area contributed by atoms with Gasteiger partial charge >= 0.3 is 0 Å². The predicted molar refractivity (Wildman–Crippen MR) is 130 cm³/mol. The fraction of sp³-hybridized carbons (Fsp3) is 0.385. The maximum Gasteiger partial charge on any atom is 0.253 e. The van der Waals surface area contributed by atoms with Crippen molar-refractivity contribution in [1.82, 2.24) is 4.90 Å². The van der Waals surface area contributed by atoms with Crippen molar-refractivity contribution >= 4 is 17.5 Å². The number of carbonyl (C=O) groups is 1. The lowest BCUT2D eigenvalue weighted by molar-refractivity contribution is 0.0789. The average Bonchev–Trinajstić information content (AvgIpc) is 2.84. The minimum atomic E-state index is -0.364. The Labute approximate surface area is 191 Å². The molecule has 0 heterocycles. The van der Waals surface area contributed by atoms with E-state index < -0.39 is 0 Å². The van der Waals surface area contributed by atoms with Crippen molar-refractivity contribution in [1.29, 1.82) is 0 Å². The minimum absolute atomic E-state index is 0.0184. The van der Waals surface area contributed by atoms with Crippen LogP contribution in [0.1, 0.15) is 49.5 Å². The van der Waals surface area contributed by atoms with Gasteiger partial charge in [0.25, 0.3) is 5.91 Å². The Bertz CT molecular complexity index is 894. The van der Waals surface area contributed by atoms with Gasteiger partial charge in [-0.15, -0.1) is 0 Å². The number of nitrogens with zero attached hydrogens (tertiary/aromatic N) is 2. The Morgan fingerprint density at radius 3 is 2.31 bits per heavy atom. The molecule has 1 atom stereocenters. The number of methoxy groups -OCH3 is 2. The third-order valence-electron chi connectivity index (χ3n) is 4.97. The molecule has 0 aliphatic carbocycles. The van der Waals surface area contributed by atoms with Crippen molar-refractivity contribution in [2.75, 3.05) is 27.8 Å². The molecule has 32 heavy (non-hydrogen) atoms. The van der Waals surface area contributed by atoms with Crippen molar-refractivity contribution < 1.29 is 18.7 Å². The molecule has 0 saturated heterocycles. The number of aliphatic imine (C=N–C) groups is 1. The first-order valence-electron chi connectivity index (χ1n) is 10.9. The van der Waals surface area contributed by atoms with Gasteiger partial charge in [-0.25, -0.2) is 9.38 Å². The van der Waals surface area contributed by atoms with Crippen molar-refractivity contribution in [3.8, 4) is 5.75 Å². The van der Waals surface area contributed by atoms with Crippen LogP contribution in [0.15, 0.2) is 60.1 Å². The van der Waals surface area contributed by atoms with Crippen LogP contribution in [0.3, 0.4) is 0 Å². The second-order valence-corrected chi connectivity index (χ2v) is 6.93. The molecule has 0 fully saturated rings. The summed E-state index contributed by atoms with van der Waals surface area (Å²) < 4.78 is 24.0. The van der Waals surface area contributed by atoms with Crippen LogP contribution in [0.2, 0.25) is 0 Å². The molecule has 0 aromatic heterocycles. The molecule has 2 aromatic rings. The summed E-state index contributed by atoms with van der Waals surface area (Å²) in [5, 5.41) is 0. The van der Waals surface area contributed by atoms with Gasteiger partial charge in [-0.2, -0.15) is 0 Å². The lowest BCUT2D eigenvalue weighted by Crippen LogP contribution is -2.30. The van der Waals surface area contributed by atoms with E-state index in [1.165, 1.54) is 24.3 Å². The number of amides is 1. The average molecular weight is 443 g/mol. The van der Waals surface area contributed by atoms with Crippen molar-refractivity contribution in [2.45, 2.75) is 33.6 Å². The third kappa shape index (κ3) is 7.52. The van der Waals surface area contributed by atoms with E-state index in [2.05, 4.69) is 11.6 Å². The zero-order valence-electron chi connectivity index (χ0n) is 20.0. The number of hydrogen-bond donors (Lipinski definition) is 0. The van der Waals surface area contributed by atoms with E-state index in [-0.39, 0.29) is 17.6 Å². The van der Waals surface area contributed by atoms with Crippen LogP contribution in [-0.2, 0) is 4.74 Å². The van der Waals surface area contributed by atoms with E-state index in [0.29, 0.717) is 35.9 Å². The number of halogens is 1. The summed E-state index contributed by atoms with van der Waals surface area (Å²) in [6.45, 7) is 10.6. The summed E-state index contributed by atoms with van der Waals surface area (Å²) in [4.78, 5) is 18.8. The first-order valence-corrected chi connectivity index (χ1v) is 10.9. The first-order chi connectivity index (χ1) is 15.4. The Hall–Kier alpha value is -3.15. The zero-order chi connectivity index (χ0) is 24.1. The van der Waals surface area contributed by atoms with Crippen LogP contribution >= 0.6 is 0 Å². The highest BCUT2D eigenvalue weighted by atomic mass is 19.1. The van der Waals surface area contributed by atoms with Crippen LogP contribution < -0.4 is 4.74 Å². The summed E-state index contributed by atoms with van der Waals surface area (Å²) in [6, 6.07) is 13.1. The second kappa shape index (κ2) is 14.0. The van der Waals surface area contributed by atoms with Crippen molar-refractivity contribution in [3.05, 3.63) is 72.1 Å². The van der Waals surface area contributed by atoms with E-state index >= 15 is 0 Å². The fourth-order valence-corrected chi connectivity index (χ4v) is 3.15. The number of ether oxygens (including phenoxy) is 2. The van der Waals surface area contributed by atoms with Crippen molar-refractivity contribution in [2.24, 2.45) is 10.9 Å². The fourth-order valence-electron chi connectivity index (χ4n) is 3.15. The second-order valence-electron chi connectivity index (χ2n) is 6.93. The smallest absolute Gasteiger partial charge is 0.253 e. The van der Waals surface area contributed by atoms with Crippen LogP contribution in [0.5, 0.6) is 5.75 Å². The quantitative estimate of drug-likeness (QED) is 0.350. The largest absolute Gasteiger partial charge is 0.496 e. The zero-order valence-corrected chi connectivity index (χ0v) is 20.0.